The molecule has 1 N–H and O–H groups in total. The number of hydrogen-bond donors (Lipinski definition) is 1. The summed E-state index contributed by atoms with van der Waals surface area (Å²) in [6.45, 7) is 10.4. The summed E-state index contributed by atoms with van der Waals surface area (Å²) in [5.41, 5.74) is 1.91. The van der Waals surface area contributed by atoms with Crippen LogP contribution in [0.2, 0.25) is 0 Å². The Kier molecular flexibility index (Phi) is 4.54. The highest BCUT2D eigenvalue weighted by molar-refractivity contribution is 7.09. The van der Waals surface area contributed by atoms with E-state index >= 15 is 0 Å². The van der Waals surface area contributed by atoms with Gasteiger partial charge >= 0.3 is 0 Å². The minimum Gasteiger partial charge on any atom is -0.309 e. The van der Waals surface area contributed by atoms with Gasteiger partial charge in [-0.3, -0.25) is 4.98 Å². The normalized spacial score (nSPS) is 23.4. The summed E-state index contributed by atoms with van der Waals surface area (Å²) < 4.78 is 0. The molecule has 3 nitrogen and oxygen atoms in total. The standard InChI is InChI=1S/C13H23N3S/c1-10(2)16-5-4-12(8-16)6-15-11(3)13-7-14-9-17-13/h7,9-12,15H,4-6,8H2,1-3H3. The number of nitrogens with zero attached hydrogens (tertiary/aromatic N) is 2. The van der Waals surface area contributed by atoms with E-state index in [4.69, 9.17) is 0 Å². The Bertz CT molecular complexity index is 323. The zero-order valence-electron chi connectivity index (χ0n) is 11.0. The number of rotatable bonds is 5. The molecule has 0 aromatic carbocycles. The number of aromatic nitrogens is 1. The first-order valence-electron chi connectivity index (χ1n) is 6.52. The first-order chi connectivity index (χ1) is 8.16. The second-order valence-corrected chi connectivity index (χ2v) is 6.20. The van der Waals surface area contributed by atoms with Crippen molar-refractivity contribution in [3.8, 4) is 0 Å². The first kappa shape index (κ1) is 13.0. The summed E-state index contributed by atoms with van der Waals surface area (Å²) in [6, 6.07) is 1.13. The van der Waals surface area contributed by atoms with Gasteiger partial charge in [0, 0.05) is 29.7 Å². The maximum absolute atomic E-state index is 4.13. The lowest BCUT2D eigenvalue weighted by Gasteiger charge is -2.21. The van der Waals surface area contributed by atoms with E-state index in [1.807, 2.05) is 11.7 Å². The lowest BCUT2D eigenvalue weighted by Crippen LogP contribution is -2.31. The molecule has 0 saturated carbocycles. The van der Waals surface area contributed by atoms with E-state index in [0.29, 0.717) is 12.1 Å². The van der Waals surface area contributed by atoms with Crippen molar-refractivity contribution in [2.24, 2.45) is 5.92 Å². The Balaban J connectivity index is 1.73. The van der Waals surface area contributed by atoms with Crippen molar-refractivity contribution in [2.75, 3.05) is 19.6 Å². The number of likely N-dealkylation sites (tertiary alicyclic amines) is 1. The molecule has 2 heterocycles. The third kappa shape index (κ3) is 3.50. The van der Waals surface area contributed by atoms with Gasteiger partial charge in [-0.25, -0.2) is 0 Å². The van der Waals surface area contributed by atoms with Crippen LogP contribution in [-0.4, -0.2) is 35.6 Å². The summed E-state index contributed by atoms with van der Waals surface area (Å²) in [4.78, 5) is 8.04. The third-order valence-corrected chi connectivity index (χ3v) is 4.60. The van der Waals surface area contributed by atoms with Crippen molar-refractivity contribution in [3.63, 3.8) is 0 Å². The molecule has 2 atom stereocenters. The topological polar surface area (TPSA) is 28.2 Å². The van der Waals surface area contributed by atoms with Crippen LogP contribution in [0.4, 0.5) is 0 Å². The Morgan fingerprint density at radius 2 is 2.35 bits per heavy atom. The van der Waals surface area contributed by atoms with Gasteiger partial charge in [-0.15, -0.1) is 11.3 Å². The van der Waals surface area contributed by atoms with Gasteiger partial charge < -0.3 is 10.2 Å². The summed E-state index contributed by atoms with van der Waals surface area (Å²) >= 11 is 1.73. The van der Waals surface area contributed by atoms with E-state index in [0.717, 1.165) is 12.5 Å². The van der Waals surface area contributed by atoms with Crippen molar-refractivity contribution in [1.29, 1.82) is 0 Å². The first-order valence-corrected chi connectivity index (χ1v) is 7.40. The Labute approximate surface area is 108 Å². The molecule has 0 spiro atoms. The summed E-state index contributed by atoms with van der Waals surface area (Å²) in [5, 5.41) is 3.63. The molecule has 2 rings (SSSR count). The van der Waals surface area contributed by atoms with Crippen molar-refractivity contribution < 1.29 is 0 Å². The van der Waals surface area contributed by atoms with E-state index in [2.05, 4.69) is 36.0 Å². The van der Waals surface area contributed by atoms with E-state index in [1.165, 1.54) is 24.4 Å². The zero-order valence-corrected chi connectivity index (χ0v) is 11.8. The molecule has 2 unspecified atom stereocenters. The van der Waals surface area contributed by atoms with Gasteiger partial charge in [0.25, 0.3) is 0 Å². The fraction of sp³-hybridized carbons (Fsp3) is 0.769. The quantitative estimate of drug-likeness (QED) is 0.874. The van der Waals surface area contributed by atoms with Gasteiger partial charge in [0.05, 0.1) is 5.51 Å². The van der Waals surface area contributed by atoms with Gasteiger partial charge in [-0.2, -0.15) is 0 Å². The van der Waals surface area contributed by atoms with Crippen LogP contribution >= 0.6 is 11.3 Å². The summed E-state index contributed by atoms with van der Waals surface area (Å²) in [5.74, 6) is 0.813. The summed E-state index contributed by atoms with van der Waals surface area (Å²) in [7, 11) is 0. The molecule has 96 valence electrons. The van der Waals surface area contributed by atoms with Gasteiger partial charge in [0.2, 0.25) is 0 Å². The average molecular weight is 253 g/mol. The lowest BCUT2D eigenvalue weighted by atomic mass is 10.1. The fourth-order valence-electron chi connectivity index (χ4n) is 2.38. The van der Waals surface area contributed by atoms with Gasteiger partial charge in [-0.05, 0) is 46.2 Å². The van der Waals surface area contributed by atoms with E-state index < -0.39 is 0 Å². The van der Waals surface area contributed by atoms with Crippen LogP contribution in [0.3, 0.4) is 0 Å². The molecule has 0 aliphatic carbocycles. The second-order valence-electron chi connectivity index (χ2n) is 5.28. The van der Waals surface area contributed by atoms with Crippen LogP contribution in [0.25, 0.3) is 0 Å². The van der Waals surface area contributed by atoms with Gasteiger partial charge in [0.15, 0.2) is 0 Å². The maximum atomic E-state index is 4.13. The molecule has 1 aliphatic rings. The number of hydrogen-bond acceptors (Lipinski definition) is 4. The molecule has 0 bridgehead atoms. The molecular formula is C13H23N3S. The molecule has 17 heavy (non-hydrogen) atoms. The van der Waals surface area contributed by atoms with Crippen LogP contribution in [-0.2, 0) is 0 Å². The van der Waals surface area contributed by atoms with Crippen LogP contribution in [0.15, 0.2) is 11.7 Å². The highest BCUT2D eigenvalue weighted by Crippen LogP contribution is 2.20. The summed E-state index contributed by atoms with van der Waals surface area (Å²) in [6.07, 6.45) is 3.30. The van der Waals surface area contributed by atoms with Crippen molar-refractivity contribution in [3.05, 3.63) is 16.6 Å². The molecule has 1 aromatic heterocycles. The average Bonchev–Trinajstić information content (AvgIpc) is 2.97. The van der Waals surface area contributed by atoms with Gasteiger partial charge in [0.1, 0.15) is 0 Å². The van der Waals surface area contributed by atoms with Crippen LogP contribution < -0.4 is 5.32 Å². The van der Waals surface area contributed by atoms with Crippen LogP contribution in [0.1, 0.15) is 38.1 Å². The SMILES string of the molecule is CC(NCC1CCN(C(C)C)C1)c1cncs1. The second kappa shape index (κ2) is 5.94. The van der Waals surface area contributed by atoms with E-state index in [-0.39, 0.29) is 0 Å². The molecular weight excluding hydrogens is 230 g/mol. The molecule has 1 saturated heterocycles. The van der Waals surface area contributed by atoms with E-state index in [1.54, 1.807) is 11.3 Å². The Morgan fingerprint density at radius 3 is 2.94 bits per heavy atom. The maximum Gasteiger partial charge on any atom is 0.0794 e. The minimum absolute atomic E-state index is 0.440. The van der Waals surface area contributed by atoms with Crippen molar-refractivity contribution in [1.82, 2.24) is 15.2 Å². The molecule has 1 aromatic rings. The van der Waals surface area contributed by atoms with Gasteiger partial charge in [-0.1, -0.05) is 0 Å². The minimum atomic E-state index is 0.440. The largest absolute Gasteiger partial charge is 0.309 e. The monoisotopic (exact) mass is 253 g/mol. The molecule has 0 amide bonds. The van der Waals surface area contributed by atoms with Crippen LogP contribution in [0.5, 0.6) is 0 Å². The Morgan fingerprint density at radius 1 is 1.53 bits per heavy atom. The van der Waals surface area contributed by atoms with Crippen LogP contribution in [0, 0.1) is 5.92 Å². The zero-order chi connectivity index (χ0) is 12.3. The highest BCUT2D eigenvalue weighted by Gasteiger charge is 2.24. The fourth-order valence-corrected chi connectivity index (χ4v) is 3.03. The smallest absolute Gasteiger partial charge is 0.0794 e. The highest BCUT2D eigenvalue weighted by atomic mass is 32.1. The number of nitrogens with one attached hydrogen (secondary N) is 1. The molecule has 4 heteroatoms. The molecule has 1 fully saturated rings. The third-order valence-electron chi connectivity index (χ3n) is 3.64. The number of thiazole rings is 1. The Hall–Kier alpha value is -0.450. The lowest BCUT2D eigenvalue weighted by molar-refractivity contribution is 0.263. The van der Waals surface area contributed by atoms with E-state index in [9.17, 15) is 0 Å². The predicted octanol–water partition coefficient (Wildman–Crippen LogP) is 2.52. The molecule has 1 aliphatic heterocycles. The van der Waals surface area contributed by atoms with Crippen molar-refractivity contribution in [2.45, 2.75) is 39.3 Å². The molecule has 0 radical (unpaired) electrons. The van der Waals surface area contributed by atoms with Crippen molar-refractivity contribution >= 4 is 11.3 Å². The predicted molar refractivity (Wildman–Crippen MR) is 73.3 cm³/mol.